The van der Waals surface area contributed by atoms with Gasteiger partial charge in [0.1, 0.15) is 0 Å². The van der Waals surface area contributed by atoms with Crippen molar-refractivity contribution in [1.82, 2.24) is 5.32 Å². The van der Waals surface area contributed by atoms with Gasteiger partial charge in [-0.3, -0.25) is 14.9 Å². The van der Waals surface area contributed by atoms with Crippen molar-refractivity contribution in [3.8, 4) is 0 Å². The molecule has 1 N–H and O–H groups in total. The summed E-state index contributed by atoms with van der Waals surface area (Å²) in [6, 6.07) is 0. The average Bonchev–Trinajstić information content (AvgIpc) is 2.38. The summed E-state index contributed by atoms with van der Waals surface area (Å²) in [6.07, 6.45) is 1.01. The van der Waals surface area contributed by atoms with E-state index >= 15 is 0 Å². The summed E-state index contributed by atoms with van der Waals surface area (Å²) in [5, 5.41) is 2.40. The fourth-order valence-electron chi connectivity index (χ4n) is 2.72. The van der Waals surface area contributed by atoms with Crippen LogP contribution in [0, 0.1) is 23.7 Å². The smallest absolute Gasteiger partial charge is 0.230 e. The van der Waals surface area contributed by atoms with Crippen LogP contribution in [0.1, 0.15) is 20.3 Å². The van der Waals surface area contributed by atoms with Crippen molar-refractivity contribution < 1.29 is 9.59 Å². The van der Waals surface area contributed by atoms with Crippen LogP contribution < -0.4 is 5.32 Å². The molecule has 1 saturated carbocycles. The molecule has 1 aliphatic heterocycles. The molecule has 4 unspecified atom stereocenters. The van der Waals surface area contributed by atoms with Crippen LogP contribution in [-0.2, 0) is 9.59 Å². The fourth-order valence-corrected chi connectivity index (χ4v) is 2.72. The minimum Gasteiger partial charge on any atom is -0.296 e. The Hall–Kier alpha value is -0.860. The Morgan fingerprint density at radius 3 is 1.92 bits per heavy atom. The first kappa shape index (κ1) is 7.77. The number of hydrogen-bond acceptors (Lipinski definition) is 2. The standard InChI is InChI=1S/C9H13NO2/c1-4-3-5(2)7-6(4)8(11)10-9(7)12/h4-7H,3H2,1-2H3,(H,10,11,12). The van der Waals surface area contributed by atoms with Crippen LogP contribution in [0.5, 0.6) is 0 Å². The minimum absolute atomic E-state index is 0.0347. The zero-order valence-corrected chi connectivity index (χ0v) is 7.33. The highest BCUT2D eigenvalue weighted by Gasteiger charge is 2.51. The molecule has 3 nitrogen and oxygen atoms in total. The first-order valence-electron chi connectivity index (χ1n) is 4.46. The summed E-state index contributed by atoms with van der Waals surface area (Å²) in [6.45, 7) is 4.11. The van der Waals surface area contributed by atoms with Crippen LogP contribution in [-0.4, -0.2) is 11.8 Å². The maximum Gasteiger partial charge on any atom is 0.230 e. The predicted octanol–water partition coefficient (Wildman–Crippen LogP) is 0.551. The highest BCUT2D eigenvalue weighted by molar-refractivity contribution is 6.05. The Balaban J connectivity index is 2.32. The van der Waals surface area contributed by atoms with Crippen LogP contribution in [0.4, 0.5) is 0 Å². The van der Waals surface area contributed by atoms with Gasteiger partial charge in [0.05, 0.1) is 11.8 Å². The normalized spacial score (nSPS) is 46.2. The lowest BCUT2D eigenvalue weighted by Crippen LogP contribution is -2.25. The van der Waals surface area contributed by atoms with Crippen LogP contribution >= 0.6 is 0 Å². The molecule has 66 valence electrons. The summed E-state index contributed by atoms with van der Waals surface area (Å²) >= 11 is 0. The van der Waals surface area contributed by atoms with Crippen molar-refractivity contribution in [2.24, 2.45) is 23.7 Å². The Morgan fingerprint density at radius 1 is 1.08 bits per heavy atom. The second-order valence-corrected chi connectivity index (χ2v) is 4.10. The van der Waals surface area contributed by atoms with Crippen LogP contribution in [0.15, 0.2) is 0 Å². The van der Waals surface area contributed by atoms with E-state index in [0.29, 0.717) is 11.8 Å². The highest BCUT2D eigenvalue weighted by atomic mass is 16.2. The second-order valence-electron chi connectivity index (χ2n) is 4.10. The number of carbonyl (C=O) groups excluding carboxylic acids is 2. The molecule has 4 atom stereocenters. The Morgan fingerprint density at radius 2 is 1.50 bits per heavy atom. The molecule has 2 aliphatic rings. The number of amides is 2. The third-order valence-corrected chi connectivity index (χ3v) is 3.21. The lowest BCUT2D eigenvalue weighted by molar-refractivity contribution is -0.127. The highest BCUT2D eigenvalue weighted by Crippen LogP contribution is 2.44. The van der Waals surface area contributed by atoms with Crippen molar-refractivity contribution in [1.29, 1.82) is 0 Å². The zero-order valence-electron chi connectivity index (χ0n) is 7.33. The van der Waals surface area contributed by atoms with E-state index in [9.17, 15) is 9.59 Å². The molecule has 0 radical (unpaired) electrons. The van der Waals surface area contributed by atoms with E-state index in [-0.39, 0.29) is 23.7 Å². The molecular formula is C9H13NO2. The third kappa shape index (κ3) is 0.822. The first-order chi connectivity index (χ1) is 5.61. The monoisotopic (exact) mass is 167 g/mol. The lowest BCUT2D eigenvalue weighted by atomic mass is 9.91. The largest absolute Gasteiger partial charge is 0.296 e. The first-order valence-corrected chi connectivity index (χ1v) is 4.46. The number of nitrogens with one attached hydrogen (secondary N) is 1. The zero-order chi connectivity index (χ0) is 8.88. The van der Waals surface area contributed by atoms with Gasteiger partial charge < -0.3 is 0 Å². The molecule has 0 bridgehead atoms. The van der Waals surface area contributed by atoms with E-state index in [4.69, 9.17) is 0 Å². The minimum atomic E-state index is -0.0538. The molecule has 1 aliphatic carbocycles. The number of carbonyl (C=O) groups is 2. The van der Waals surface area contributed by atoms with E-state index in [2.05, 4.69) is 19.2 Å². The number of rotatable bonds is 0. The van der Waals surface area contributed by atoms with Gasteiger partial charge in [0.25, 0.3) is 0 Å². The molecule has 12 heavy (non-hydrogen) atoms. The summed E-state index contributed by atoms with van der Waals surface area (Å²) < 4.78 is 0. The fraction of sp³-hybridized carbons (Fsp3) is 0.778. The number of hydrogen-bond donors (Lipinski definition) is 1. The molecule has 1 heterocycles. The van der Waals surface area contributed by atoms with Crippen molar-refractivity contribution in [2.75, 3.05) is 0 Å². The summed E-state index contributed by atoms with van der Waals surface area (Å²) in [5.74, 6) is 0.566. The van der Waals surface area contributed by atoms with Crippen molar-refractivity contribution in [3.05, 3.63) is 0 Å². The van der Waals surface area contributed by atoms with Crippen molar-refractivity contribution in [2.45, 2.75) is 20.3 Å². The summed E-state index contributed by atoms with van der Waals surface area (Å²) in [4.78, 5) is 22.6. The molecular weight excluding hydrogens is 154 g/mol. The Bertz CT molecular complexity index is 225. The molecule has 2 amide bonds. The summed E-state index contributed by atoms with van der Waals surface area (Å²) in [5.41, 5.74) is 0. The molecule has 3 heteroatoms. The van der Waals surface area contributed by atoms with Crippen LogP contribution in [0.2, 0.25) is 0 Å². The van der Waals surface area contributed by atoms with Gasteiger partial charge in [-0.05, 0) is 18.3 Å². The Labute approximate surface area is 71.5 Å². The molecule has 1 saturated heterocycles. The van der Waals surface area contributed by atoms with Gasteiger partial charge in [-0.1, -0.05) is 13.8 Å². The van der Waals surface area contributed by atoms with Gasteiger partial charge in [0.2, 0.25) is 11.8 Å². The second kappa shape index (κ2) is 2.31. The maximum atomic E-state index is 11.3. The average molecular weight is 167 g/mol. The summed E-state index contributed by atoms with van der Waals surface area (Å²) in [7, 11) is 0. The quantitative estimate of drug-likeness (QED) is 0.535. The Kier molecular flexibility index (Phi) is 1.50. The van der Waals surface area contributed by atoms with Gasteiger partial charge in [-0.25, -0.2) is 0 Å². The van der Waals surface area contributed by atoms with Gasteiger partial charge in [0, 0.05) is 0 Å². The van der Waals surface area contributed by atoms with Crippen molar-refractivity contribution in [3.63, 3.8) is 0 Å². The van der Waals surface area contributed by atoms with E-state index in [0.717, 1.165) is 6.42 Å². The van der Waals surface area contributed by atoms with Gasteiger partial charge in [-0.15, -0.1) is 0 Å². The molecule has 0 aromatic rings. The molecule has 0 spiro atoms. The van der Waals surface area contributed by atoms with E-state index in [1.54, 1.807) is 0 Å². The lowest BCUT2D eigenvalue weighted by Gasteiger charge is -2.08. The number of imide groups is 1. The van der Waals surface area contributed by atoms with Gasteiger partial charge in [0.15, 0.2) is 0 Å². The topological polar surface area (TPSA) is 46.2 Å². The molecule has 0 aromatic carbocycles. The van der Waals surface area contributed by atoms with E-state index in [1.807, 2.05) is 0 Å². The van der Waals surface area contributed by atoms with Gasteiger partial charge >= 0.3 is 0 Å². The predicted molar refractivity (Wildman–Crippen MR) is 43.1 cm³/mol. The van der Waals surface area contributed by atoms with E-state index in [1.165, 1.54) is 0 Å². The third-order valence-electron chi connectivity index (χ3n) is 3.21. The van der Waals surface area contributed by atoms with E-state index < -0.39 is 0 Å². The maximum absolute atomic E-state index is 11.3. The number of fused-ring (bicyclic) bond motifs is 1. The van der Waals surface area contributed by atoms with Crippen LogP contribution in [0.3, 0.4) is 0 Å². The van der Waals surface area contributed by atoms with Crippen molar-refractivity contribution >= 4 is 11.8 Å². The van der Waals surface area contributed by atoms with Gasteiger partial charge in [-0.2, -0.15) is 0 Å². The molecule has 0 aromatic heterocycles. The van der Waals surface area contributed by atoms with Crippen LogP contribution in [0.25, 0.3) is 0 Å². The SMILES string of the molecule is CC1CC(C)C2C(=O)NC(=O)C12. The molecule has 2 fully saturated rings. The molecule has 2 rings (SSSR count).